The SMILES string of the molecule is COC(=O)c1cc(CSc2ccc(C)cc2)oc1C. The van der Waals surface area contributed by atoms with Crippen molar-refractivity contribution in [1.82, 2.24) is 0 Å². The van der Waals surface area contributed by atoms with E-state index in [1.165, 1.54) is 17.6 Å². The molecule has 0 radical (unpaired) electrons. The summed E-state index contributed by atoms with van der Waals surface area (Å²) in [5.74, 6) is 1.73. The Morgan fingerprint density at radius 3 is 2.58 bits per heavy atom. The zero-order chi connectivity index (χ0) is 13.8. The normalized spacial score (nSPS) is 10.5. The molecule has 4 heteroatoms. The molecule has 0 N–H and O–H groups in total. The van der Waals surface area contributed by atoms with Gasteiger partial charge in [0.2, 0.25) is 0 Å². The van der Waals surface area contributed by atoms with E-state index in [-0.39, 0.29) is 5.97 Å². The van der Waals surface area contributed by atoms with E-state index in [0.717, 1.165) is 5.76 Å². The zero-order valence-corrected chi connectivity index (χ0v) is 12.0. The van der Waals surface area contributed by atoms with Crippen molar-refractivity contribution >= 4 is 17.7 Å². The van der Waals surface area contributed by atoms with Crippen LogP contribution in [0.3, 0.4) is 0 Å². The summed E-state index contributed by atoms with van der Waals surface area (Å²) in [6.45, 7) is 3.83. The molecule has 0 spiro atoms. The molecule has 100 valence electrons. The third-order valence-corrected chi connectivity index (χ3v) is 3.81. The fourth-order valence-corrected chi connectivity index (χ4v) is 2.50. The Kier molecular flexibility index (Phi) is 4.32. The van der Waals surface area contributed by atoms with Crippen molar-refractivity contribution in [3.05, 3.63) is 53.0 Å². The average molecular weight is 276 g/mol. The number of benzene rings is 1. The van der Waals surface area contributed by atoms with Crippen molar-refractivity contribution in [3.63, 3.8) is 0 Å². The average Bonchev–Trinajstić information content (AvgIpc) is 2.78. The summed E-state index contributed by atoms with van der Waals surface area (Å²) in [5.41, 5.74) is 1.74. The van der Waals surface area contributed by atoms with E-state index in [1.807, 2.05) is 0 Å². The number of ether oxygens (including phenoxy) is 1. The number of thioether (sulfide) groups is 1. The Morgan fingerprint density at radius 1 is 1.26 bits per heavy atom. The van der Waals surface area contributed by atoms with Crippen LogP contribution in [0.15, 0.2) is 39.6 Å². The lowest BCUT2D eigenvalue weighted by Gasteiger charge is -1.99. The van der Waals surface area contributed by atoms with Crippen molar-refractivity contribution in [2.75, 3.05) is 7.11 Å². The van der Waals surface area contributed by atoms with Gasteiger partial charge in [0.15, 0.2) is 0 Å². The molecule has 3 nitrogen and oxygen atoms in total. The molecule has 0 aliphatic rings. The van der Waals surface area contributed by atoms with Crippen LogP contribution in [-0.2, 0) is 10.5 Å². The summed E-state index contributed by atoms with van der Waals surface area (Å²) in [5, 5.41) is 0. The van der Waals surface area contributed by atoms with Gasteiger partial charge >= 0.3 is 5.97 Å². The smallest absolute Gasteiger partial charge is 0.341 e. The Bertz CT molecular complexity index is 570. The standard InChI is InChI=1S/C15H16O3S/c1-10-4-6-13(7-5-10)19-9-12-8-14(11(2)18-12)15(16)17-3/h4-8H,9H2,1-3H3. The lowest BCUT2D eigenvalue weighted by Crippen LogP contribution is -2.00. The molecular formula is C15H16O3S. The number of hydrogen-bond donors (Lipinski definition) is 0. The van der Waals surface area contributed by atoms with Gasteiger partial charge in [-0.3, -0.25) is 0 Å². The quantitative estimate of drug-likeness (QED) is 0.625. The highest BCUT2D eigenvalue weighted by Gasteiger charge is 2.15. The predicted octanol–water partition coefficient (Wildman–Crippen LogP) is 3.98. The molecule has 0 unspecified atom stereocenters. The van der Waals surface area contributed by atoms with Crippen LogP contribution in [0.2, 0.25) is 0 Å². The fraction of sp³-hybridized carbons (Fsp3) is 0.267. The molecule has 2 aromatic rings. The molecular weight excluding hydrogens is 260 g/mol. The van der Waals surface area contributed by atoms with E-state index in [4.69, 9.17) is 9.15 Å². The first-order chi connectivity index (χ1) is 9.10. The lowest BCUT2D eigenvalue weighted by molar-refractivity contribution is 0.0599. The number of carbonyl (C=O) groups excluding carboxylic acids is 1. The van der Waals surface area contributed by atoms with E-state index in [2.05, 4.69) is 31.2 Å². The van der Waals surface area contributed by atoms with E-state index in [9.17, 15) is 4.79 Å². The van der Waals surface area contributed by atoms with Gasteiger partial charge in [-0.1, -0.05) is 17.7 Å². The summed E-state index contributed by atoms with van der Waals surface area (Å²) >= 11 is 1.68. The van der Waals surface area contributed by atoms with E-state index < -0.39 is 0 Å². The predicted molar refractivity (Wildman–Crippen MR) is 75.5 cm³/mol. The van der Waals surface area contributed by atoms with E-state index in [1.54, 1.807) is 24.8 Å². The van der Waals surface area contributed by atoms with Crippen molar-refractivity contribution < 1.29 is 13.9 Å². The molecule has 0 atom stereocenters. The van der Waals surface area contributed by atoms with Crippen molar-refractivity contribution in [2.24, 2.45) is 0 Å². The van der Waals surface area contributed by atoms with Gasteiger partial charge in [0, 0.05) is 4.90 Å². The minimum absolute atomic E-state index is 0.354. The zero-order valence-electron chi connectivity index (χ0n) is 11.2. The summed E-state index contributed by atoms with van der Waals surface area (Å²) in [4.78, 5) is 12.7. The van der Waals surface area contributed by atoms with Gasteiger partial charge in [0.25, 0.3) is 0 Å². The minimum Gasteiger partial charge on any atom is -0.465 e. The summed E-state index contributed by atoms with van der Waals surface area (Å²) in [6.07, 6.45) is 0. The Balaban J connectivity index is 2.04. The number of furan rings is 1. The van der Waals surface area contributed by atoms with Gasteiger partial charge in [0.1, 0.15) is 17.1 Å². The molecule has 0 fully saturated rings. The van der Waals surface area contributed by atoms with Gasteiger partial charge in [-0.25, -0.2) is 4.79 Å². The van der Waals surface area contributed by atoms with Crippen LogP contribution in [0.4, 0.5) is 0 Å². The lowest BCUT2D eigenvalue weighted by atomic mass is 10.2. The molecule has 0 saturated carbocycles. The minimum atomic E-state index is -0.354. The second kappa shape index (κ2) is 5.97. The van der Waals surface area contributed by atoms with Crippen LogP contribution in [0.5, 0.6) is 0 Å². The van der Waals surface area contributed by atoms with Crippen LogP contribution in [0.1, 0.15) is 27.4 Å². The fourth-order valence-electron chi connectivity index (χ4n) is 1.72. The Hall–Kier alpha value is -1.68. The second-order valence-corrected chi connectivity index (χ2v) is 5.32. The third kappa shape index (κ3) is 3.41. The summed E-state index contributed by atoms with van der Waals surface area (Å²) in [6, 6.07) is 10.1. The maximum atomic E-state index is 11.5. The van der Waals surface area contributed by atoms with E-state index >= 15 is 0 Å². The third-order valence-electron chi connectivity index (χ3n) is 2.78. The number of aryl methyl sites for hydroxylation is 2. The first-order valence-corrected chi connectivity index (χ1v) is 6.96. The molecule has 2 rings (SSSR count). The molecule has 0 aliphatic carbocycles. The van der Waals surface area contributed by atoms with Gasteiger partial charge in [-0.2, -0.15) is 0 Å². The van der Waals surface area contributed by atoms with Crippen molar-refractivity contribution in [3.8, 4) is 0 Å². The van der Waals surface area contributed by atoms with Gasteiger partial charge < -0.3 is 9.15 Å². The molecule has 0 bridgehead atoms. The molecule has 1 aromatic heterocycles. The van der Waals surface area contributed by atoms with Crippen LogP contribution < -0.4 is 0 Å². The summed E-state index contributed by atoms with van der Waals surface area (Å²) < 4.78 is 10.3. The number of carbonyl (C=O) groups is 1. The molecule has 0 amide bonds. The highest BCUT2D eigenvalue weighted by molar-refractivity contribution is 7.98. The first-order valence-electron chi connectivity index (χ1n) is 5.97. The highest BCUT2D eigenvalue weighted by atomic mass is 32.2. The van der Waals surface area contributed by atoms with E-state index in [0.29, 0.717) is 17.1 Å². The van der Waals surface area contributed by atoms with Crippen LogP contribution in [-0.4, -0.2) is 13.1 Å². The Morgan fingerprint density at radius 2 is 1.95 bits per heavy atom. The molecule has 19 heavy (non-hydrogen) atoms. The molecule has 0 aliphatic heterocycles. The van der Waals surface area contributed by atoms with Gasteiger partial charge in [0.05, 0.1) is 12.9 Å². The van der Waals surface area contributed by atoms with Crippen molar-refractivity contribution in [1.29, 1.82) is 0 Å². The topological polar surface area (TPSA) is 39.4 Å². The first kappa shape index (κ1) is 13.7. The number of methoxy groups -OCH3 is 1. The maximum absolute atomic E-state index is 11.5. The highest BCUT2D eigenvalue weighted by Crippen LogP contribution is 2.25. The van der Waals surface area contributed by atoms with Crippen LogP contribution >= 0.6 is 11.8 Å². The van der Waals surface area contributed by atoms with Crippen molar-refractivity contribution in [2.45, 2.75) is 24.5 Å². The number of esters is 1. The van der Waals surface area contributed by atoms with Crippen LogP contribution in [0.25, 0.3) is 0 Å². The number of rotatable bonds is 4. The molecule has 0 saturated heterocycles. The largest absolute Gasteiger partial charge is 0.465 e. The maximum Gasteiger partial charge on any atom is 0.341 e. The Labute approximate surface area is 117 Å². The monoisotopic (exact) mass is 276 g/mol. The van der Waals surface area contributed by atoms with Crippen LogP contribution in [0, 0.1) is 13.8 Å². The van der Waals surface area contributed by atoms with Gasteiger partial charge in [-0.05, 0) is 32.0 Å². The van der Waals surface area contributed by atoms with Gasteiger partial charge in [-0.15, -0.1) is 11.8 Å². The number of hydrogen-bond acceptors (Lipinski definition) is 4. The molecule has 1 heterocycles. The second-order valence-electron chi connectivity index (χ2n) is 4.28. The summed E-state index contributed by atoms with van der Waals surface area (Å²) in [7, 11) is 1.37. The molecule has 1 aromatic carbocycles.